The molecule has 0 aromatic heterocycles. The van der Waals surface area contributed by atoms with E-state index in [9.17, 15) is 4.39 Å². The van der Waals surface area contributed by atoms with Gasteiger partial charge in [0.25, 0.3) is 0 Å². The molecule has 1 atom stereocenters. The molecule has 1 unspecified atom stereocenters. The van der Waals surface area contributed by atoms with Gasteiger partial charge in [-0.05, 0) is 30.5 Å². The monoisotopic (exact) mass is 260 g/mol. The molecule has 0 spiro atoms. The second-order valence-corrected chi connectivity index (χ2v) is 5.32. The maximum absolute atomic E-state index is 12.8. The van der Waals surface area contributed by atoms with Crippen LogP contribution >= 0.6 is 23.4 Å². The van der Waals surface area contributed by atoms with Crippen molar-refractivity contribution in [2.75, 3.05) is 12.4 Å². The zero-order chi connectivity index (χ0) is 11.4. The summed E-state index contributed by atoms with van der Waals surface area (Å²) >= 11 is 7.73. The Labute approximate surface area is 104 Å². The van der Waals surface area contributed by atoms with Crippen molar-refractivity contribution in [2.45, 2.75) is 24.7 Å². The van der Waals surface area contributed by atoms with E-state index in [1.54, 1.807) is 17.8 Å². The van der Waals surface area contributed by atoms with Gasteiger partial charge in [-0.2, -0.15) is 11.8 Å². The number of hydrogen-bond acceptors (Lipinski definition) is 2. The summed E-state index contributed by atoms with van der Waals surface area (Å²) in [6.45, 7) is 0.891. The fraction of sp³-hybridized carbons (Fsp3) is 0.500. The van der Waals surface area contributed by atoms with Crippen LogP contribution in [0.15, 0.2) is 18.2 Å². The summed E-state index contributed by atoms with van der Waals surface area (Å²) in [4.78, 5) is 0. The van der Waals surface area contributed by atoms with Gasteiger partial charge in [0.05, 0.1) is 6.10 Å². The van der Waals surface area contributed by atoms with E-state index in [2.05, 4.69) is 0 Å². The smallest absolute Gasteiger partial charge is 0.124 e. The van der Waals surface area contributed by atoms with E-state index < -0.39 is 0 Å². The van der Waals surface area contributed by atoms with Crippen LogP contribution in [0.2, 0.25) is 5.02 Å². The highest BCUT2D eigenvalue weighted by molar-refractivity contribution is 7.98. The number of ether oxygens (including phenoxy) is 1. The summed E-state index contributed by atoms with van der Waals surface area (Å²) in [5, 5.41) is 0.514. The first-order valence-electron chi connectivity index (χ1n) is 5.39. The molecule has 0 radical (unpaired) electrons. The number of thioether (sulfide) groups is 1. The Morgan fingerprint density at radius 2 is 2.38 bits per heavy atom. The first-order valence-corrected chi connectivity index (χ1v) is 6.92. The molecule has 0 amide bonds. The Hall–Kier alpha value is -0.250. The van der Waals surface area contributed by atoms with E-state index >= 15 is 0 Å². The van der Waals surface area contributed by atoms with Crippen LogP contribution in [0.1, 0.15) is 18.4 Å². The molecule has 0 aliphatic carbocycles. The highest BCUT2D eigenvalue weighted by Crippen LogP contribution is 2.24. The highest BCUT2D eigenvalue weighted by Gasteiger charge is 2.15. The van der Waals surface area contributed by atoms with Crippen LogP contribution < -0.4 is 0 Å². The second-order valence-electron chi connectivity index (χ2n) is 3.89. The van der Waals surface area contributed by atoms with Crippen LogP contribution in [-0.2, 0) is 10.5 Å². The van der Waals surface area contributed by atoms with Gasteiger partial charge < -0.3 is 4.74 Å². The van der Waals surface area contributed by atoms with E-state index in [0.29, 0.717) is 11.1 Å². The molecule has 0 bridgehead atoms. The quantitative estimate of drug-likeness (QED) is 0.812. The van der Waals surface area contributed by atoms with Crippen molar-refractivity contribution in [3.8, 4) is 0 Å². The van der Waals surface area contributed by atoms with Crippen molar-refractivity contribution in [2.24, 2.45) is 0 Å². The van der Waals surface area contributed by atoms with Gasteiger partial charge in [0, 0.05) is 23.1 Å². The van der Waals surface area contributed by atoms with Crippen molar-refractivity contribution < 1.29 is 9.13 Å². The van der Waals surface area contributed by atoms with Crippen LogP contribution in [0.5, 0.6) is 0 Å². The Kier molecular flexibility index (Phi) is 4.50. The summed E-state index contributed by atoms with van der Waals surface area (Å²) in [5.41, 5.74) is 0.992. The maximum Gasteiger partial charge on any atom is 0.124 e. The Morgan fingerprint density at radius 3 is 3.06 bits per heavy atom. The lowest BCUT2D eigenvalue weighted by Crippen LogP contribution is -2.07. The van der Waals surface area contributed by atoms with Crippen molar-refractivity contribution >= 4 is 23.4 Å². The van der Waals surface area contributed by atoms with Crippen molar-refractivity contribution in [1.29, 1.82) is 0 Å². The van der Waals surface area contributed by atoms with E-state index in [1.165, 1.54) is 18.6 Å². The molecule has 0 saturated carbocycles. The number of halogens is 2. The van der Waals surface area contributed by atoms with Gasteiger partial charge >= 0.3 is 0 Å². The zero-order valence-electron chi connectivity index (χ0n) is 8.92. The summed E-state index contributed by atoms with van der Waals surface area (Å²) in [6.07, 6.45) is 2.72. The van der Waals surface area contributed by atoms with Gasteiger partial charge in [-0.25, -0.2) is 4.39 Å². The minimum absolute atomic E-state index is 0.280. The van der Waals surface area contributed by atoms with Crippen molar-refractivity contribution in [1.82, 2.24) is 0 Å². The van der Waals surface area contributed by atoms with Crippen LogP contribution in [0, 0.1) is 5.82 Å². The molecule has 1 aromatic rings. The fourth-order valence-corrected chi connectivity index (χ4v) is 3.14. The minimum Gasteiger partial charge on any atom is -0.377 e. The Morgan fingerprint density at radius 1 is 1.50 bits per heavy atom. The third-order valence-electron chi connectivity index (χ3n) is 2.60. The van der Waals surface area contributed by atoms with Crippen LogP contribution in [0.4, 0.5) is 4.39 Å². The number of benzene rings is 1. The summed E-state index contributed by atoms with van der Waals surface area (Å²) < 4.78 is 18.3. The molecule has 1 aliphatic rings. The highest BCUT2D eigenvalue weighted by atomic mass is 35.5. The van der Waals surface area contributed by atoms with Gasteiger partial charge in [-0.15, -0.1) is 0 Å². The van der Waals surface area contributed by atoms with Crippen molar-refractivity contribution in [3.05, 3.63) is 34.6 Å². The minimum atomic E-state index is -0.280. The molecule has 2 rings (SSSR count). The molecule has 1 heterocycles. The standard InChI is InChI=1S/C12H14ClFOS/c13-12-6-10(14)4-3-9(12)7-16-8-11-2-1-5-15-11/h3-4,6,11H,1-2,5,7-8H2. The zero-order valence-corrected chi connectivity index (χ0v) is 10.5. The molecular formula is C12H14ClFOS. The van der Waals surface area contributed by atoms with Gasteiger partial charge in [0.2, 0.25) is 0 Å². The lowest BCUT2D eigenvalue weighted by atomic mass is 10.2. The molecule has 0 N–H and O–H groups in total. The van der Waals surface area contributed by atoms with Crippen LogP contribution in [0.25, 0.3) is 0 Å². The predicted octanol–water partition coefficient (Wildman–Crippen LogP) is 3.89. The molecule has 1 saturated heterocycles. The molecule has 1 aromatic carbocycles. The SMILES string of the molecule is Fc1ccc(CSCC2CCCO2)c(Cl)c1. The topological polar surface area (TPSA) is 9.23 Å². The van der Waals surface area contributed by atoms with Crippen LogP contribution in [0.3, 0.4) is 0 Å². The molecule has 16 heavy (non-hydrogen) atoms. The normalized spacial score (nSPS) is 20.2. The van der Waals surface area contributed by atoms with Gasteiger partial charge in [-0.3, -0.25) is 0 Å². The predicted molar refractivity (Wildman–Crippen MR) is 66.5 cm³/mol. The lowest BCUT2D eigenvalue weighted by molar-refractivity contribution is 0.129. The van der Waals surface area contributed by atoms with Crippen LogP contribution in [-0.4, -0.2) is 18.5 Å². The van der Waals surface area contributed by atoms with Crippen molar-refractivity contribution in [3.63, 3.8) is 0 Å². The summed E-state index contributed by atoms with van der Waals surface area (Å²) in [5.74, 6) is 1.53. The van der Waals surface area contributed by atoms with E-state index in [4.69, 9.17) is 16.3 Å². The van der Waals surface area contributed by atoms with Gasteiger partial charge in [-0.1, -0.05) is 17.7 Å². The van der Waals surface area contributed by atoms with Gasteiger partial charge in [0.1, 0.15) is 5.82 Å². The summed E-state index contributed by atoms with van der Waals surface area (Å²) in [6, 6.07) is 4.57. The average molecular weight is 261 g/mol. The largest absolute Gasteiger partial charge is 0.377 e. The number of hydrogen-bond donors (Lipinski definition) is 0. The molecular weight excluding hydrogens is 247 g/mol. The number of rotatable bonds is 4. The average Bonchev–Trinajstić information content (AvgIpc) is 2.74. The van der Waals surface area contributed by atoms with Gasteiger partial charge in [0.15, 0.2) is 0 Å². The Bertz CT molecular complexity index is 353. The molecule has 1 nitrogen and oxygen atoms in total. The van der Waals surface area contributed by atoms with E-state index in [-0.39, 0.29) is 5.82 Å². The fourth-order valence-electron chi connectivity index (χ4n) is 1.71. The lowest BCUT2D eigenvalue weighted by Gasteiger charge is -2.09. The maximum atomic E-state index is 12.8. The van der Waals surface area contributed by atoms with E-state index in [1.807, 2.05) is 0 Å². The molecule has 4 heteroatoms. The Balaban J connectivity index is 1.80. The molecule has 1 aliphatic heterocycles. The summed E-state index contributed by atoms with van der Waals surface area (Å²) in [7, 11) is 0. The molecule has 1 fully saturated rings. The molecule has 88 valence electrons. The second kappa shape index (κ2) is 5.89. The van der Waals surface area contributed by atoms with E-state index in [0.717, 1.165) is 30.1 Å². The third kappa shape index (κ3) is 3.37. The first kappa shape index (κ1) is 12.2. The third-order valence-corrected chi connectivity index (χ3v) is 4.07. The first-order chi connectivity index (χ1) is 7.75.